The average molecular weight is 680 g/mol. The Kier molecular flexibility index (Phi) is 11.4. The molecule has 0 spiro atoms. The van der Waals surface area contributed by atoms with Gasteiger partial charge in [-0.1, -0.05) is 12.1 Å². The zero-order valence-corrected chi connectivity index (χ0v) is 26.7. The van der Waals surface area contributed by atoms with Gasteiger partial charge in [0.2, 0.25) is 0 Å². The van der Waals surface area contributed by atoms with Gasteiger partial charge in [-0.2, -0.15) is 8.62 Å². The first-order valence-electron chi connectivity index (χ1n) is 11.4. The Bertz CT molecular complexity index is 1640. The van der Waals surface area contributed by atoms with E-state index < -0.39 is 71.3 Å². The van der Waals surface area contributed by atoms with Gasteiger partial charge >= 0.3 is 53.0 Å². The number of aromatic nitrogens is 4. The molecule has 3 heterocycles. The van der Waals surface area contributed by atoms with Gasteiger partial charge in [-0.3, -0.25) is 23.7 Å². The van der Waals surface area contributed by atoms with Crippen molar-refractivity contribution < 1.29 is 96.9 Å². The van der Waals surface area contributed by atoms with E-state index in [4.69, 9.17) is 10.5 Å². The normalized spacial score (nSPS) is 25.3. The summed E-state index contributed by atoms with van der Waals surface area (Å²) in [5.41, 5.74) is 5.32. The molecule has 1 aromatic carbocycles. The standard InChI is InChI=1S/C18H23N6O15P3.Na.H/c1-9(10-4-2-3-5-11(10)24(27)28)37-41(31,32)39-42(33,34)38-40(29,30)35-6-12-14(25)15(26)18(36-12)23-8-22-13-16(19)20-7-21-17(13)23;;/h2-5,7-9,12,14-15,18,25-26H,6H2,1H3,(H,29,30)(H,31,32)(H,33,34)(H2,19,20,21);;/q;+1;-1/t9?,12-,14-,15-,18-;;/m1../s1. The first-order valence-corrected chi connectivity index (χ1v) is 15.9. The molecule has 25 heteroatoms. The van der Waals surface area contributed by atoms with E-state index in [1.165, 1.54) is 29.1 Å². The molecule has 3 aromatic rings. The zero-order valence-electron chi connectivity index (χ0n) is 23.0. The van der Waals surface area contributed by atoms with E-state index in [0.717, 1.165) is 19.3 Å². The Morgan fingerprint density at radius 1 is 1.09 bits per heavy atom. The summed E-state index contributed by atoms with van der Waals surface area (Å²) in [5.74, 6) is 0.0225. The van der Waals surface area contributed by atoms with Crippen LogP contribution in [0, 0.1) is 10.1 Å². The topological polar surface area (TPSA) is 311 Å². The smallest absolute Gasteiger partial charge is 1.00 e. The van der Waals surface area contributed by atoms with E-state index in [2.05, 4.69) is 32.6 Å². The van der Waals surface area contributed by atoms with Crippen molar-refractivity contribution in [3.8, 4) is 0 Å². The second-order valence-corrected chi connectivity index (χ2v) is 13.1. The summed E-state index contributed by atoms with van der Waals surface area (Å²) in [6.45, 7) is 0.0924. The molecule has 1 aliphatic rings. The number of hydrogen-bond acceptors (Lipinski definition) is 16. The van der Waals surface area contributed by atoms with E-state index in [0.29, 0.717) is 0 Å². The van der Waals surface area contributed by atoms with Gasteiger partial charge in [0.15, 0.2) is 17.7 Å². The number of nitro groups is 1. The van der Waals surface area contributed by atoms with Crippen molar-refractivity contribution in [1.29, 1.82) is 0 Å². The van der Waals surface area contributed by atoms with Crippen LogP contribution in [0.25, 0.3) is 11.2 Å². The summed E-state index contributed by atoms with van der Waals surface area (Å²) in [5, 5.41) is 32.0. The number of anilines is 1. The number of nitrogens with zero attached hydrogens (tertiary/aromatic N) is 5. The van der Waals surface area contributed by atoms with Crippen molar-refractivity contribution in [1.82, 2.24) is 19.5 Å². The van der Waals surface area contributed by atoms with Gasteiger partial charge in [0.05, 0.1) is 29.5 Å². The number of benzene rings is 1. The van der Waals surface area contributed by atoms with Crippen LogP contribution in [0.1, 0.15) is 26.2 Å². The molecule has 0 aliphatic carbocycles. The van der Waals surface area contributed by atoms with Gasteiger partial charge in [0, 0.05) is 6.07 Å². The molecule has 1 fully saturated rings. The number of fused-ring (bicyclic) bond motifs is 1. The number of hydrogen-bond donors (Lipinski definition) is 6. The summed E-state index contributed by atoms with van der Waals surface area (Å²) in [7, 11) is -17.0. The summed E-state index contributed by atoms with van der Waals surface area (Å²) < 4.78 is 60.8. The summed E-state index contributed by atoms with van der Waals surface area (Å²) >= 11 is 0. The average Bonchev–Trinajstić information content (AvgIpc) is 3.42. The molecule has 2 aromatic heterocycles. The number of phosphoric acid groups is 3. The van der Waals surface area contributed by atoms with Gasteiger partial charge < -0.3 is 36.8 Å². The number of para-hydroxylation sites is 1. The van der Waals surface area contributed by atoms with Gasteiger partial charge in [0.25, 0.3) is 5.69 Å². The largest absolute Gasteiger partial charge is 1.00 e. The third-order valence-electron chi connectivity index (χ3n) is 5.68. The number of aliphatic hydroxyl groups is 2. The number of phosphoric ester groups is 2. The minimum atomic E-state index is -5.89. The number of nitrogens with two attached hydrogens (primary N) is 1. The molecule has 21 nitrogen and oxygen atoms in total. The van der Waals surface area contributed by atoms with E-state index >= 15 is 0 Å². The quantitative estimate of drug-likeness (QED) is 0.0531. The molecule has 1 saturated heterocycles. The molecule has 0 saturated carbocycles. The molecular weight excluding hydrogens is 656 g/mol. The van der Waals surface area contributed by atoms with Crippen LogP contribution in [-0.4, -0.2) is 74.3 Å². The molecule has 43 heavy (non-hydrogen) atoms. The maximum atomic E-state index is 12.3. The van der Waals surface area contributed by atoms with Crippen molar-refractivity contribution in [2.24, 2.45) is 0 Å². The second kappa shape index (κ2) is 13.7. The van der Waals surface area contributed by atoms with Crippen molar-refractivity contribution in [2.75, 3.05) is 12.3 Å². The molecule has 232 valence electrons. The van der Waals surface area contributed by atoms with Crippen molar-refractivity contribution in [3.63, 3.8) is 0 Å². The molecule has 0 amide bonds. The number of ether oxygens (including phenoxy) is 1. The molecule has 4 unspecified atom stereocenters. The van der Waals surface area contributed by atoms with E-state index in [-0.39, 0.29) is 53.5 Å². The Morgan fingerprint density at radius 2 is 1.74 bits per heavy atom. The van der Waals surface area contributed by atoms with Gasteiger partial charge in [0.1, 0.15) is 30.2 Å². The SMILES string of the molecule is CC(OP(=O)(O)OP(=O)(O)OP(=O)(O)OC[C@H]1O[C@@H](n2cnc3c(N)ncnc32)[C@H](O)[C@@H]1O)c1ccccc1[N+](=O)[O-].[H-].[Na+]. The fraction of sp³-hybridized carbons (Fsp3) is 0.389. The van der Waals surface area contributed by atoms with E-state index in [1.54, 1.807) is 0 Å². The number of nitrogen functional groups attached to an aromatic ring is 1. The molecule has 0 bridgehead atoms. The van der Waals surface area contributed by atoms with E-state index in [1.807, 2.05) is 0 Å². The molecule has 8 atom stereocenters. The Labute approximate surface area is 264 Å². The van der Waals surface area contributed by atoms with Gasteiger partial charge in [-0.15, -0.1) is 0 Å². The van der Waals surface area contributed by atoms with Crippen LogP contribution in [0.15, 0.2) is 36.9 Å². The maximum Gasteiger partial charge on any atom is 1.00 e. The summed E-state index contributed by atoms with van der Waals surface area (Å²) in [6.07, 6.45) is -5.44. The third kappa shape index (κ3) is 8.50. The molecule has 7 N–H and O–H groups in total. The third-order valence-corrected chi connectivity index (χ3v) is 10.0. The van der Waals surface area contributed by atoms with Crippen LogP contribution in [0.3, 0.4) is 0 Å². The van der Waals surface area contributed by atoms with E-state index in [9.17, 15) is 48.7 Å². The predicted molar refractivity (Wildman–Crippen MR) is 137 cm³/mol. The monoisotopic (exact) mass is 680 g/mol. The minimum absolute atomic E-state index is 0. The van der Waals surface area contributed by atoms with Crippen LogP contribution in [0.4, 0.5) is 11.5 Å². The van der Waals surface area contributed by atoms with Gasteiger partial charge in [-0.05, 0) is 13.0 Å². The van der Waals surface area contributed by atoms with Crippen molar-refractivity contribution >= 4 is 46.1 Å². The number of imidazole rings is 1. The Balaban J connectivity index is 0.00000337. The number of rotatable bonds is 12. The Hall–Kier alpha value is -1.74. The zero-order chi connectivity index (χ0) is 31.0. The molecule has 0 radical (unpaired) electrons. The van der Waals surface area contributed by atoms with Crippen LogP contribution >= 0.6 is 23.5 Å². The van der Waals surface area contributed by atoms with Crippen LogP contribution in [0.2, 0.25) is 0 Å². The first kappa shape index (κ1) is 35.7. The fourth-order valence-electron chi connectivity index (χ4n) is 3.89. The number of aliphatic hydroxyl groups excluding tert-OH is 2. The van der Waals surface area contributed by atoms with Crippen LogP contribution in [0.5, 0.6) is 0 Å². The van der Waals surface area contributed by atoms with Crippen LogP contribution < -0.4 is 35.3 Å². The van der Waals surface area contributed by atoms with Crippen molar-refractivity contribution in [3.05, 3.63) is 52.6 Å². The molecular formula is C18H24N6NaO15P3. The fourth-order valence-corrected chi connectivity index (χ4v) is 7.56. The first-order chi connectivity index (χ1) is 19.5. The van der Waals surface area contributed by atoms with Gasteiger partial charge in [-0.25, -0.2) is 28.6 Å². The summed E-state index contributed by atoms with van der Waals surface area (Å²) in [4.78, 5) is 51.7. The summed E-state index contributed by atoms with van der Waals surface area (Å²) in [6, 6.07) is 4.94. The predicted octanol–water partition coefficient (Wildman–Crippen LogP) is -1.82. The number of nitro benzene ring substituents is 1. The second-order valence-electron chi connectivity index (χ2n) is 8.56. The van der Waals surface area contributed by atoms with Crippen LogP contribution in [-0.2, 0) is 36.1 Å². The molecule has 4 rings (SSSR count). The van der Waals surface area contributed by atoms with Crippen molar-refractivity contribution in [2.45, 2.75) is 37.6 Å². The minimum Gasteiger partial charge on any atom is -1.00 e. The Morgan fingerprint density at radius 3 is 2.42 bits per heavy atom. The maximum absolute atomic E-state index is 12.3. The molecule has 1 aliphatic heterocycles.